The van der Waals surface area contributed by atoms with Gasteiger partial charge in [0.1, 0.15) is 0 Å². The van der Waals surface area contributed by atoms with Crippen LogP contribution in [0, 0.1) is 0 Å². The maximum absolute atomic E-state index is 3.16. The molecule has 2 N–H and O–H groups in total. The molecule has 0 aromatic carbocycles. The first-order chi connectivity index (χ1) is 4.63. The second-order valence-electron chi connectivity index (χ2n) is 2.98. The van der Waals surface area contributed by atoms with Crippen LogP contribution in [0.5, 0.6) is 0 Å². The summed E-state index contributed by atoms with van der Waals surface area (Å²) in [5.74, 6) is 0. The minimum atomic E-state index is 0. The van der Waals surface area contributed by atoms with Gasteiger partial charge in [0.2, 0.25) is 0 Å². The Morgan fingerprint density at radius 2 is 1.09 bits per heavy atom. The van der Waals surface area contributed by atoms with Crippen LogP contribution in [0.15, 0.2) is 12.4 Å². The Morgan fingerprint density at radius 3 is 1.27 bits per heavy atom. The first-order valence-corrected chi connectivity index (χ1v) is 3.80. The van der Waals surface area contributed by atoms with Crippen LogP contribution in [0.1, 0.15) is 27.7 Å². The van der Waals surface area contributed by atoms with E-state index in [1.165, 1.54) is 0 Å². The minimum absolute atomic E-state index is 0. The summed E-state index contributed by atoms with van der Waals surface area (Å²) < 4.78 is 0. The van der Waals surface area contributed by atoms with Gasteiger partial charge in [-0.3, -0.25) is 0 Å². The van der Waals surface area contributed by atoms with Crippen LogP contribution in [0.3, 0.4) is 0 Å². The fourth-order valence-corrected chi connectivity index (χ4v) is 0.481. The zero-order chi connectivity index (χ0) is 7.98. The zero-order valence-electron chi connectivity index (χ0n) is 7.31. The summed E-state index contributed by atoms with van der Waals surface area (Å²) in [5, 5.41) is 6.32. The van der Waals surface area contributed by atoms with E-state index in [0.29, 0.717) is 12.1 Å². The second kappa shape index (κ2) is 8.04. The number of hydrogen-bond donors (Lipinski definition) is 2. The van der Waals surface area contributed by atoms with Crippen LogP contribution >= 0.6 is 0 Å². The predicted octanol–water partition coefficient (Wildman–Crippen LogP) is 0.805. The monoisotopic (exact) mass is 150 g/mol. The molecule has 0 saturated heterocycles. The van der Waals surface area contributed by atoms with E-state index in [-0.39, 0.29) is 18.9 Å². The molecule has 0 amide bonds. The molecular formula is C8H19LiN2. The normalized spacial score (nSPS) is 10.4. The van der Waals surface area contributed by atoms with Gasteiger partial charge < -0.3 is 10.6 Å². The van der Waals surface area contributed by atoms with Crippen molar-refractivity contribution in [3.05, 3.63) is 12.4 Å². The van der Waals surface area contributed by atoms with E-state index in [1.807, 2.05) is 12.4 Å². The second-order valence-corrected chi connectivity index (χ2v) is 2.98. The molecule has 0 radical (unpaired) electrons. The van der Waals surface area contributed by atoms with Crippen molar-refractivity contribution in [2.45, 2.75) is 39.8 Å². The van der Waals surface area contributed by atoms with Gasteiger partial charge in [-0.25, -0.2) is 0 Å². The summed E-state index contributed by atoms with van der Waals surface area (Å²) >= 11 is 0. The van der Waals surface area contributed by atoms with Gasteiger partial charge in [-0.2, -0.15) is 0 Å². The van der Waals surface area contributed by atoms with E-state index in [1.54, 1.807) is 0 Å². The van der Waals surface area contributed by atoms with Gasteiger partial charge in [-0.1, -0.05) is 0 Å². The molecule has 2 nitrogen and oxygen atoms in total. The van der Waals surface area contributed by atoms with Gasteiger partial charge in [0.25, 0.3) is 0 Å². The van der Waals surface area contributed by atoms with Gasteiger partial charge in [-0.15, -0.1) is 0 Å². The average molecular weight is 150 g/mol. The molecule has 3 heteroatoms. The third-order valence-electron chi connectivity index (χ3n) is 0.942. The maximum atomic E-state index is 3.16. The van der Waals surface area contributed by atoms with Gasteiger partial charge >= 0.3 is 18.9 Å². The molecule has 0 aromatic rings. The molecule has 0 unspecified atom stereocenters. The van der Waals surface area contributed by atoms with Crippen molar-refractivity contribution in [1.29, 1.82) is 0 Å². The first kappa shape index (κ1) is 13.5. The van der Waals surface area contributed by atoms with Gasteiger partial charge in [0.15, 0.2) is 0 Å². The average Bonchev–Trinajstić information content (AvgIpc) is 1.79. The topological polar surface area (TPSA) is 24.1 Å². The van der Waals surface area contributed by atoms with E-state index in [2.05, 4.69) is 38.3 Å². The van der Waals surface area contributed by atoms with E-state index < -0.39 is 0 Å². The third-order valence-corrected chi connectivity index (χ3v) is 0.942. The standard InChI is InChI=1S/C8H18N2.Li.H/c1-7(2)9-5-6-10-8(3)4;;/h5-10H,1-4H3;;/b6-5+;;. The molecule has 0 heterocycles. The summed E-state index contributed by atoms with van der Waals surface area (Å²) in [7, 11) is 0. The molecule has 0 saturated carbocycles. The van der Waals surface area contributed by atoms with Gasteiger partial charge in [0, 0.05) is 24.5 Å². The van der Waals surface area contributed by atoms with Crippen molar-refractivity contribution in [2.24, 2.45) is 0 Å². The Hall–Kier alpha value is -0.0626. The summed E-state index contributed by atoms with van der Waals surface area (Å²) in [5.41, 5.74) is 0. The Bertz CT molecular complexity index is 88.3. The van der Waals surface area contributed by atoms with Crippen molar-refractivity contribution in [1.82, 2.24) is 10.6 Å². The molecule has 0 aromatic heterocycles. The molecular weight excluding hydrogens is 131 g/mol. The van der Waals surface area contributed by atoms with E-state index in [0.717, 1.165) is 0 Å². The summed E-state index contributed by atoms with van der Waals surface area (Å²) in [6, 6.07) is 1.04. The molecule has 0 aliphatic rings. The van der Waals surface area contributed by atoms with Crippen molar-refractivity contribution in [3.8, 4) is 0 Å². The first-order valence-electron chi connectivity index (χ1n) is 3.80. The van der Waals surface area contributed by atoms with Crippen LogP contribution in [0.4, 0.5) is 0 Å². The molecule has 62 valence electrons. The SMILES string of the molecule is CC(C)N/C=C/NC(C)C.[LiH]. The van der Waals surface area contributed by atoms with Crippen LogP contribution in [0.25, 0.3) is 0 Å². The summed E-state index contributed by atoms with van der Waals surface area (Å²) in [4.78, 5) is 0. The number of rotatable bonds is 4. The molecule has 11 heavy (non-hydrogen) atoms. The van der Waals surface area contributed by atoms with Crippen LogP contribution in [-0.4, -0.2) is 30.9 Å². The fraction of sp³-hybridized carbons (Fsp3) is 0.750. The van der Waals surface area contributed by atoms with Crippen LogP contribution in [0.2, 0.25) is 0 Å². The van der Waals surface area contributed by atoms with E-state index in [4.69, 9.17) is 0 Å². The molecule has 0 aliphatic heterocycles. The van der Waals surface area contributed by atoms with Gasteiger partial charge in [-0.05, 0) is 27.7 Å². The van der Waals surface area contributed by atoms with Crippen molar-refractivity contribution in [2.75, 3.05) is 0 Å². The van der Waals surface area contributed by atoms with Gasteiger partial charge in [0.05, 0.1) is 0 Å². The molecule has 0 spiro atoms. The molecule has 0 aliphatic carbocycles. The molecule has 0 atom stereocenters. The third kappa shape index (κ3) is 13.0. The zero-order valence-corrected chi connectivity index (χ0v) is 7.31. The van der Waals surface area contributed by atoms with Crippen molar-refractivity contribution in [3.63, 3.8) is 0 Å². The van der Waals surface area contributed by atoms with Crippen molar-refractivity contribution < 1.29 is 0 Å². The predicted molar refractivity (Wildman–Crippen MR) is 52.8 cm³/mol. The Morgan fingerprint density at radius 1 is 0.818 bits per heavy atom. The van der Waals surface area contributed by atoms with E-state index in [9.17, 15) is 0 Å². The quantitative estimate of drug-likeness (QED) is 0.579. The Balaban J connectivity index is 0. The Kier molecular flexibility index (Phi) is 9.88. The molecule has 0 rings (SSSR count). The van der Waals surface area contributed by atoms with Crippen molar-refractivity contribution >= 4 is 18.9 Å². The number of nitrogens with one attached hydrogen (secondary N) is 2. The van der Waals surface area contributed by atoms with Crippen LogP contribution < -0.4 is 10.6 Å². The Labute approximate surface area is 82.0 Å². The summed E-state index contributed by atoms with van der Waals surface area (Å²) in [6.07, 6.45) is 3.87. The number of hydrogen-bond acceptors (Lipinski definition) is 2. The molecule has 0 fully saturated rings. The fourth-order valence-electron chi connectivity index (χ4n) is 0.481. The van der Waals surface area contributed by atoms with Crippen LogP contribution in [-0.2, 0) is 0 Å². The summed E-state index contributed by atoms with van der Waals surface area (Å²) in [6.45, 7) is 8.44. The van der Waals surface area contributed by atoms with E-state index >= 15 is 0 Å². The molecule has 0 bridgehead atoms.